The lowest BCUT2D eigenvalue weighted by molar-refractivity contribution is -0.140. The molecule has 0 radical (unpaired) electrons. The highest BCUT2D eigenvalue weighted by Gasteiger charge is 2.01. The predicted octanol–water partition coefficient (Wildman–Crippen LogP) is 0.163. The Morgan fingerprint density at radius 3 is 2.70 bits per heavy atom. The van der Waals surface area contributed by atoms with Gasteiger partial charge in [0.15, 0.2) is 0 Å². The van der Waals surface area contributed by atoms with Crippen molar-refractivity contribution < 1.29 is 9.53 Å². The van der Waals surface area contributed by atoms with Crippen molar-refractivity contribution in [2.75, 3.05) is 20.7 Å². The molecule has 0 bridgehead atoms. The summed E-state index contributed by atoms with van der Waals surface area (Å²) in [6, 6.07) is 0. The van der Waals surface area contributed by atoms with Crippen LogP contribution in [0.15, 0.2) is 5.29 Å². The summed E-state index contributed by atoms with van der Waals surface area (Å²) in [6.45, 7) is 0.302. The highest BCUT2D eigenvalue weighted by atomic mass is 16.5. The molecule has 0 fully saturated rings. The van der Waals surface area contributed by atoms with E-state index in [0.29, 0.717) is 6.54 Å². The van der Waals surface area contributed by atoms with Gasteiger partial charge in [0.05, 0.1) is 18.8 Å². The van der Waals surface area contributed by atoms with Crippen LogP contribution in [0.25, 0.3) is 0 Å². The van der Waals surface area contributed by atoms with Crippen molar-refractivity contribution in [1.82, 2.24) is 5.01 Å². The minimum atomic E-state index is -0.337. The number of esters is 1. The minimum Gasteiger partial charge on any atom is -0.469 e. The third kappa shape index (κ3) is 3.82. The summed E-state index contributed by atoms with van der Waals surface area (Å²) < 4.78 is 4.34. The van der Waals surface area contributed by atoms with Crippen LogP contribution in [-0.2, 0) is 9.53 Å². The summed E-state index contributed by atoms with van der Waals surface area (Å²) in [6.07, 6.45) is 0.193. The second kappa shape index (κ2) is 4.72. The standard InChI is InChI=1S/C5H10N2O3/c1-7(6-9)4-3-5(8)10-2/h3-4H2,1-2H3. The topological polar surface area (TPSA) is 59.0 Å². The highest BCUT2D eigenvalue weighted by Crippen LogP contribution is 1.88. The van der Waals surface area contributed by atoms with Crippen LogP contribution < -0.4 is 0 Å². The van der Waals surface area contributed by atoms with Crippen molar-refractivity contribution in [2.24, 2.45) is 5.29 Å². The molecule has 10 heavy (non-hydrogen) atoms. The molecule has 0 aromatic carbocycles. The summed E-state index contributed by atoms with van der Waals surface area (Å²) in [4.78, 5) is 20.2. The van der Waals surface area contributed by atoms with Gasteiger partial charge in [0.2, 0.25) is 0 Å². The van der Waals surface area contributed by atoms with E-state index < -0.39 is 0 Å². The zero-order chi connectivity index (χ0) is 7.98. The van der Waals surface area contributed by atoms with Crippen LogP contribution in [0.5, 0.6) is 0 Å². The number of nitroso groups, excluding NO2 is 1. The molecule has 0 aromatic heterocycles. The van der Waals surface area contributed by atoms with Crippen LogP contribution in [-0.4, -0.2) is 31.7 Å². The predicted molar refractivity (Wildman–Crippen MR) is 35.1 cm³/mol. The molecular weight excluding hydrogens is 136 g/mol. The summed E-state index contributed by atoms with van der Waals surface area (Å²) >= 11 is 0. The average Bonchev–Trinajstić information content (AvgIpc) is 1.99. The molecule has 0 amide bonds. The highest BCUT2D eigenvalue weighted by molar-refractivity contribution is 5.69. The van der Waals surface area contributed by atoms with Crippen molar-refractivity contribution in [3.05, 3.63) is 4.91 Å². The van der Waals surface area contributed by atoms with Gasteiger partial charge >= 0.3 is 5.97 Å². The van der Waals surface area contributed by atoms with Gasteiger partial charge < -0.3 is 4.74 Å². The Morgan fingerprint density at radius 1 is 1.70 bits per heavy atom. The molecular formula is C5H10N2O3. The summed E-state index contributed by atoms with van der Waals surface area (Å²) in [5.41, 5.74) is 0. The molecule has 5 heteroatoms. The van der Waals surface area contributed by atoms with Crippen molar-refractivity contribution in [3.63, 3.8) is 0 Å². The molecule has 0 N–H and O–H groups in total. The first-order valence-electron chi connectivity index (χ1n) is 2.82. The van der Waals surface area contributed by atoms with E-state index in [2.05, 4.69) is 10.0 Å². The number of methoxy groups -OCH3 is 1. The first kappa shape index (κ1) is 8.87. The molecule has 58 valence electrons. The molecule has 0 spiro atoms. The number of carbonyl (C=O) groups is 1. The van der Waals surface area contributed by atoms with Gasteiger partial charge in [0, 0.05) is 13.6 Å². The lowest BCUT2D eigenvalue weighted by atomic mass is 10.4. The van der Waals surface area contributed by atoms with E-state index in [4.69, 9.17) is 0 Å². The van der Waals surface area contributed by atoms with Crippen LogP contribution >= 0.6 is 0 Å². The number of nitrogens with zero attached hydrogens (tertiary/aromatic N) is 2. The van der Waals surface area contributed by atoms with Crippen LogP contribution in [0, 0.1) is 4.91 Å². The van der Waals surface area contributed by atoms with Crippen LogP contribution in [0.3, 0.4) is 0 Å². The van der Waals surface area contributed by atoms with E-state index in [-0.39, 0.29) is 12.4 Å². The Balaban J connectivity index is 3.34. The van der Waals surface area contributed by atoms with Gasteiger partial charge in [0.1, 0.15) is 0 Å². The number of rotatable bonds is 4. The van der Waals surface area contributed by atoms with E-state index in [9.17, 15) is 9.70 Å². The molecule has 0 saturated heterocycles. The van der Waals surface area contributed by atoms with Gasteiger partial charge in [-0.05, 0) is 0 Å². The first-order valence-corrected chi connectivity index (χ1v) is 2.82. The summed E-state index contributed by atoms with van der Waals surface area (Å²) in [5.74, 6) is -0.337. The Labute approximate surface area is 58.9 Å². The molecule has 0 unspecified atom stereocenters. The number of hydrogen-bond donors (Lipinski definition) is 0. The lowest BCUT2D eigenvalue weighted by Gasteiger charge is -2.05. The molecule has 0 aliphatic heterocycles. The first-order chi connectivity index (χ1) is 4.70. The van der Waals surface area contributed by atoms with E-state index in [0.717, 1.165) is 5.01 Å². The van der Waals surface area contributed by atoms with Crippen molar-refractivity contribution in [1.29, 1.82) is 0 Å². The molecule has 5 nitrogen and oxygen atoms in total. The third-order valence-electron chi connectivity index (χ3n) is 1.01. The summed E-state index contributed by atoms with van der Waals surface area (Å²) in [5, 5.41) is 3.71. The number of hydrogen-bond acceptors (Lipinski definition) is 4. The van der Waals surface area contributed by atoms with Gasteiger partial charge in [-0.15, -0.1) is 4.91 Å². The van der Waals surface area contributed by atoms with Gasteiger partial charge in [-0.25, -0.2) is 0 Å². The monoisotopic (exact) mass is 146 g/mol. The van der Waals surface area contributed by atoms with Crippen LogP contribution in [0.1, 0.15) is 6.42 Å². The summed E-state index contributed by atoms with van der Waals surface area (Å²) in [7, 11) is 2.80. The third-order valence-corrected chi connectivity index (χ3v) is 1.01. The molecule has 0 aromatic rings. The lowest BCUT2D eigenvalue weighted by Crippen LogP contribution is -2.15. The molecule has 0 aliphatic rings. The average molecular weight is 146 g/mol. The van der Waals surface area contributed by atoms with Gasteiger partial charge in [-0.2, -0.15) is 0 Å². The quantitative estimate of drug-likeness (QED) is 0.322. The van der Waals surface area contributed by atoms with E-state index in [1.807, 2.05) is 0 Å². The zero-order valence-corrected chi connectivity index (χ0v) is 6.03. The fourth-order valence-electron chi connectivity index (χ4n) is 0.396. The minimum absolute atomic E-state index is 0.193. The van der Waals surface area contributed by atoms with Gasteiger partial charge in [-0.3, -0.25) is 9.80 Å². The smallest absolute Gasteiger partial charge is 0.307 e. The molecule has 0 atom stereocenters. The maximum atomic E-state index is 10.4. The van der Waals surface area contributed by atoms with E-state index in [1.165, 1.54) is 14.2 Å². The maximum Gasteiger partial charge on any atom is 0.307 e. The molecule has 0 saturated carbocycles. The van der Waals surface area contributed by atoms with E-state index in [1.54, 1.807) is 0 Å². The fraction of sp³-hybridized carbons (Fsp3) is 0.800. The van der Waals surface area contributed by atoms with Crippen molar-refractivity contribution in [2.45, 2.75) is 6.42 Å². The van der Waals surface area contributed by atoms with E-state index >= 15 is 0 Å². The van der Waals surface area contributed by atoms with Gasteiger partial charge in [-0.1, -0.05) is 0 Å². The fourth-order valence-corrected chi connectivity index (χ4v) is 0.396. The Kier molecular flexibility index (Phi) is 4.19. The second-order valence-corrected chi connectivity index (χ2v) is 1.79. The normalized spacial score (nSPS) is 8.60. The largest absolute Gasteiger partial charge is 0.469 e. The van der Waals surface area contributed by atoms with Crippen molar-refractivity contribution >= 4 is 5.97 Å². The Morgan fingerprint density at radius 2 is 2.30 bits per heavy atom. The SMILES string of the molecule is COC(=O)CCN(C)N=O. The van der Waals surface area contributed by atoms with Crippen molar-refractivity contribution in [3.8, 4) is 0 Å². The van der Waals surface area contributed by atoms with Gasteiger partial charge in [0.25, 0.3) is 0 Å². The van der Waals surface area contributed by atoms with Crippen LogP contribution in [0.4, 0.5) is 0 Å². The Hall–Kier alpha value is -1.13. The maximum absolute atomic E-state index is 10.4. The number of ether oxygens (including phenoxy) is 1. The Bertz CT molecular complexity index is 126. The number of carbonyl (C=O) groups excluding carboxylic acids is 1. The molecule has 0 heterocycles. The van der Waals surface area contributed by atoms with Crippen LogP contribution in [0.2, 0.25) is 0 Å². The second-order valence-electron chi connectivity index (χ2n) is 1.79. The molecule has 0 rings (SSSR count). The molecule has 0 aliphatic carbocycles. The zero-order valence-electron chi connectivity index (χ0n) is 6.03.